The third-order valence-electron chi connectivity index (χ3n) is 3.00. The molecule has 1 aliphatic rings. The number of rotatable bonds is 2. The van der Waals surface area contributed by atoms with Crippen LogP contribution in [-0.4, -0.2) is 33.6 Å². The van der Waals surface area contributed by atoms with E-state index in [9.17, 15) is 18.0 Å². The number of nitrogens with zero attached hydrogens (tertiary/aromatic N) is 1. The van der Waals surface area contributed by atoms with E-state index in [0.29, 0.717) is 13.0 Å². The fourth-order valence-corrected chi connectivity index (χ4v) is 2.23. The zero-order valence-electron chi connectivity index (χ0n) is 9.65. The van der Waals surface area contributed by atoms with Gasteiger partial charge in [0.1, 0.15) is 11.0 Å². The molecule has 2 rings (SSSR count). The first-order valence-electron chi connectivity index (χ1n) is 5.52. The van der Waals surface area contributed by atoms with Crippen LogP contribution in [-0.2, 0) is 11.0 Å². The van der Waals surface area contributed by atoms with Crippen molar-refractivity contribution in [1.29, 1.82) is 0 Å². The SMILES string of the molecule is O=C(O)[C@H]1CCN1C(=S)c1cccc(C(F)(F)F)c1. The molecule has 102 valence electrons. The molecule has 0 bridgehead atoms. The van der Waals surface area contributed by atoms with Crippen LogP contribution in [0.4, 0.5) is 13.2 Å². The van der Waals surface area contributed by atoms with Gasteiger partial charge in [-0.15, -0.1) is 0 Å². The van der Waals surface area contributed by atoms with Crippen molar-refractivity contribution in [3.05, 3.63) is 35.4 Å². The number of likely N-dealkylation sites (tertiary alicyclic amines) is 1. The fraction of sp³-hybridized carbons (Fsp3) is 0.333. The molecule has 1 atom stereocenters. The lowest BCUT2D eigenvalue weighted by molar-refractivity contribution is -0.145. The summed E-state index contributed by atoms with van der Waals surface area (Å²) in [4.78, 5) is 12.4. The normalized spacial score (nSPS) is 18.9. The van der Waals surface area contributed by atoms with Gasteiger partial charge in [0.05, 0.1) is 5.56 Å². The Labute approximate surface area is 112 Å². The van der Waals surface area contributed by atoms with E-state index >= 15 is 0 Å². The third-order valence-corrected chi connectivity index (χ3v) is 3.47. The summed E-state index contributed by atoms with van der Waals surface area (Å²) in [5.74, 6) is -1.01. The maximum absolute atomic E-state index is 12.6. The molecule has 0 aliphatic carbocycles. The number of thiocarbonyl (C=S) groups is 1. The minimum atomic E-state index is -4.44. The van der Waals surface area contributed by atoms with Crippen LogP contribution in [0.2, 0.25) is 0 Å². The van der Waals surface area contributed by atoms with E-state index in [-0.39, 0.29) is 10.6 Å². The molecule has 0 unspecified atom stereocenters. The molecule has 7 heteroatoms. The molecular formula is C12H10F3NO2S. The molecule has 1 fully saturated rings. The van der Waals surface area contributed by atoms with E-state index in [1.165, 1.54) is 17.0 Å². The van der Waals surface area contributed by atoms with Gasteiger partial charge in [0, 0.05) is 12.1 Å². The summed E-state index contributed by atoms with van der Waals surface area (Å²) in [6.45, 7) is 0.450. The Morgan fingerprint density at radius 3 is 2.58 bits per heavy atom. The van der Waals surface area contributed by atoms with Crippen LogP contribution in [0, 0.1) is 0 Å². The summed E-state index contributed by atoms with van der Waals surface area (Å²) in [6, 6.07) is 3.88. The Morgan fingerprint density at radius 2 is 2.11 bits per heavy atom. The van der Waals surface area contributed by atoms with Crippen molar-refractivity contribution in [3.63, 3.8) is 0 Å². The highest BCUT2D eigenvalue weighted by molar-refractivity contribution is 7.80. The van der Waals surface area contributed by atoms with Gasteiger partial charge in [0.25, 0.3) is 0 Å². The lowest BCUT2D eigenvalue weighted by atomic mass is 10.0. The van der Waals surface area contributed by atoms with Crippen molar-refractivity contribution < 1.29 is 23.1 Å². The number of alkyl halides is 3. The van der Waals surface area contributed by atoms with Crippen molar-refractivity contribution >= 4 is 23.2 Å². The predicted molar refractivity (Wildman–Crippen MR) is 65.9 cm³/mol. The van der Waals surface area contributed by atoms with Crippen molar-refractivity contribution in [2.75, 3.05) is 6.54 Å². The standard InChI is InChI=1S/C12H10F3NO2S/c13-12(14,15)8-3-1-2-7(6-8)10(19)16-5-4-9(16)11(17)18/h1-3,6,9H,4-5H2,(H,17,18)/t9-/m1/s1. The van der Waals surface area contributed by atoms with Crippen LogP contribution in [0.15, 0.2) is 24.3 Å². The first-order chi connectivity index (χ1) is 8.80. The van der Waals surface area contributed by atoms with Crippen molar-refractivity contribution in [2.45, 2.75) is 18.6 Å². The topological polar surface area (TPSA) is 40.5 Å². The highest BCUT2D eigenvalue weighted by Crippen LogP contribution is 2.30. The minimum Gasteiger partial charge on any atom is -0.480 e. The summed E-state index contributed by atoms with van der Waals surface area (Å²) in [5, 5.41) is 8.90. The van der Waals surface area contributed by atoms with E-state index in [1.54, 1.807) is 0 Å². The Bertz CT molecular complexity index is 530. The average Bonchev–Trinajstić information content (AvgIpc) is 2.25. The molecule has 0 spiro atoms. The van der Waals surface area contributed by atoms with E-state index in [4.69, 9.17) is 17.3 Å². The van der Waals surface area contributed by atoms with E-state index < -0.39 is 23.8 Å². The second-order valence-electron chi connectivity index (χ2n) is 4.22. The average molecular weight is 289 g/mol. The molecule has 1 aromatic carbocycles. The van der Waals surface area contributed by atoms with Gasteiger partial charge in [-0.05, 0) is 18.6 Å². The number of carboxylic acids is 1. The zero-order valence-corrected chi connectivity index (χ0v) is 10.5. The summed E-state index contributed by atoms with van der Waals surface area (Å²) in [7, 11) is 0. The lowest BCUT2D eigenvalue weighted by Gasteiger charge is -2.40. The number of hydrogen-bond donors (Lipinski definition) is 1. The molecule has 1 aromatic rings. The van der Waals surface area contributed by atoms with Gasteiger partial charge in [0.15, 0.2) is 0 Å². The highest BCUT2D eigenvalue weighted by Gasteiger charge is 2.37. The number of halogens is 3. The van der Waals surface area contributed by atoms with E-state index in [2.05, 4.69) is 0 Å². The Hall–Kier alpha value is -1.63. The van der Waals surface area contributed by atoms with Crippen LogP contribution >= 0.6 is 12.2 Å². The van der Waals surface area contributed by atoms with Gasteiger partial charge in [-0.3, -0.25) is 0 Å². The maximum atomic E-state index is 12.6. The van der Waals surface area contributed by atoms with Crippen LogP contribution < -0.4 is 0 Å². The molecule has 0 amide bonds. The van der Waals surface area contributed by atoms with Crippen LogP contribution in [0.1, 0.15) is 17.5 Å². The first-order valence-corrected chi connectivity index (χ1v) is 5.92. The van der Waals surface area contributed by atoms with Crippen LogP contribution in [0.3, 0.4) is 0 Å². The second kappa shape index (κ2) is 4.80. The van der Waals surface area contributed by atoms with Gasteiger partial charge in [-0.2, -0.15) is 13.2 Å². The summed E-state index contributed by atoms with van der Waals surface area (Å²) in [5.41, 5.74) is -0.574. The molecule has 1 heterocycles. The quantitative estimate of drug-likeness (QED) is 0.849. The molecule has 1 N–H and O–H groups in total. The van der Waals surface area contributed by atoms with Gasteiger partial charge in [0.2, 0.25) is 0 Å². The first kappa shape index (κ1) is 13.8. The molecule has 0 radical (unpaired) electrons. The molecule has 3 nitrogen and oxygen atoms in total. The monoisotopic (exact) mass is 289 g/mol. The summed E-state index contributed by atoms with van der Waals surface area (Å²) in [6.07, 6.45) is -3.98. The Kier molecular flexibility index (Phi) is 3.49. The number of hydrogen-bond acceptors (Lipinski definition) is 2. The minimum absolute atomic E-state index is 0.143. The Balaban J connectivity index is 2.23. The largest absolute Gasteiger partial charge is 0.480 e. The number of aliphatic carboxylic acids is 1. The Morgan fingerprint density at radius 1 is 1.42 bits per heavy atom. The van der Waals surface area contributed by atoms with Crippen molar-refractivity contribution in [1.82, 2.24) is 4.90 Å². The fourth-order valence-electron chi connectivity index (χ4n) is 1.88. The third kappa shape index (κ3) is 2.70. The molecule has 0 saturated carbocycles. The highest BCUT2D eigenvalue weighted by atomic mass is 32.1. The van der Waals surface area contributed by atoms with Crippen molar-refractivity contribution in [2.24, 2.45) is 0 Å². The van der Waals surface area contributed by atoms with Gasteiger partial charge < -0.3 is 10.0 Å². The lowest BCUT2D eigenvalue weighted by Crippen LogP contribution is -2.54. The molecule has 19 heavy (non-hydrogen) atoms. The number of carboxylic acid groups (broad SMARTS) is 1. The zero-order chi connectivity index (χ0) is 14.2. The molecule has 0 aromatic heterocycles. The van der Waals surface area contributed by atoms with E-state index in [1.807, 2.05) is 0 Å². The predicted octanol–water partition coefficient (Wildman–Crippen LogP) is 2.54. The molecular weight excluding hydrogens is 279 g/mol. The second-order valence-corrected chi connectivity index (χ2v) is 4.61. The van der Waals surface area contributed by atoms with Gasteiger partial charge in [-0.25, -0.2) is 4.79 Å². The van der Waals surface area contributed by atoms with Gasteiger partial charge in [-0.1, -0.05) is 24.4 Å². The van der Waals surface area contributed by atoms with Crippen molar-refractivity contribution in [3.8, 4) is 0 Å². The maximum Gasteiger partial charge on any atom is 0.416 e. The summed E-state index contributed by atoms with van der Waals surface area (Å²) >= 11 is 5.07. The molecule has 1 saturated heterocycles. The van der Waals surface area contributed by atoms with Gasteiger partial charge >= 0.3 is 12.1 Å². The summed E-state index contributed by atoms with van der Waals surface area (Å²) < 4.78 is 37.7. The number of benzene rings is 1. The number of carbonyl (C=O) groups is 1. The van der Waals surface area contributed by atoms with Crippen LogP contribution in [0.25, 0.3) is 0 Å². The van der Waals surface area contributed by atoms with Crippen LogP contribution in [0.5, 0.6) is 0 Å². The van der Waals surface area contributed by atoms with E-state index in [0.717, 1.165) is 12.1 Å². The molecule has 1 aliphatic heterocycles. The smallest absolute Gasteiger partial charge is 0.416 e.